The molecule has 2 aromatic carbocycles. The molecule has 4 rings (SSSR count). The second-order valence-corrected chi connectivity index (χ2v) is 7.03. The molecule has 2 aromatic heterocycles. The maximum Gasteiger partial charge on any atom is 0.316 e. The zero-order chi connectivity index (χ0) is 20.2. The normalized spacial score (nSPS) is 10.8. The van der Waals surface area contributed by atoms with Gasteiger partial charge in [-0.3, -0.25) is 4.79 Å². The van der Waals surface area contributed by atoms with Crippen LogP contribution in [-0.4, -0.2) is 38.7 Å². The van der Waals surface area contributed by atoms with Gasteiger partial charge >= 0.3 is 6.01 Å². The summed E-state index contributed by atoms with van der Waals surface area (Å²) in [4.78, 5) is 20.9. The van der Waals surface area contributed by atoms with E-state index in [9.17, 15) is 4.79 Å². The predicted molar refractivity (Wildman–Crippen MR) is 111 cm³/mol. The number of halogens is 1. The van der Waals surface area contributed by atoms with Crippen LogP contribution in [-0.2, 0) is 6.54 Å². The van der Waals surface area contributed by atoms with Gasteiger partial charge in [0.1, 0.15) is 17.9 Å². The smallest absolute Gasteiger partial charge is 0.316 e. The molecule has 0 amide bonds. The summed E-state index contributed by atoms with van der Waals surface area (Å²) in [7, 11) is 1.62. The molecular formula is C20H16BrN5O3. The molecule has 9 heteroatoms. The van der Waals surface area contributed by atoms with Crippen LogP contribution in [0.4, 0.5) is 0 Å². The van der Waals surface area contributed by atoms with Crippen molar-refractivity contribution in [3.63, 3.8) is 0 Å². The molecule has 0 unspecified atom stereocenters. The van der Waals surface area contributed by atoms with Gasteiger partial charge in [0.05, 0.1) is 23.5 Å². The first kappa shape index (κ1) is 19.0. The van der Waals surface area contributed by atoms with Crippen LogP contribution >= 0.6 is 15.9 Å². The number of benzene rings is 2. The lowest BCUT2D eigenvalue weighted by molar-refractivity contribution is 0.265. The Morgan fingerprint density at radius 3 is 2.48 bits per heavy atom. The Hall–Kier alpha value is -3.33. The second kappa shape index (κ2) is 8.36. The van der Waals surface area contributed by atoms with Gasteiger partial charge in [-0.15, -0.1) is 5.10 Å². The van der Waals surface area contributed by atoms with E-state index in [2.05, 4.69) is 36.2 Å². The summed E-state index contributed by atoms with van der Waals surface area (Å²) in [5.74, 6) is 0.775. The SMILES string of the molecule is COc1ccc(-c2ccc3nnn(CCOc4ncc(Br)cn4)c(=O)c3c2)cc1. The third kappa shape index (κ3) is 4.24. The van der Waals surface area contributed by atoms with Crippen molar-refractivity contribution in [3.05, 3.63) is 69.7 Å². The van der Waals surface area contributed by atoms with E-state index in [0.29, 0.717) is 10.9 Å². The largest absolute Gasteiger partial charge is 0.497 e. The van der Waals surface area contributed by atoms with Gasteiger partial charge in [0, 0.05) is 12.4 Å². The van der Waals surface area contributed by atoms with Crippen LogP contribution in [0.15, 0.2) is 64.1 Å². The Morgan fingerprint density at radius 2 is 1.76 bits per heavy atom. The first-order valence-electron chi connectivity index (χ1n) is 8.76. The number of ether oxygens (including phenoxy) is 2. The van der Waals surface area contributed by atoms with Crippen molar-refractivity contribution in [2.24, 2.45) is 0 Å². The maximum atomic E-state index is 12.8. The Morgan fingerprint density at radius 1 is 1.03 bits per heavy atom. The quantitative estimate of drug-likeness (QED) is 0.442. The Labute approximate surface area is 174 Å². The molecule has 146 valence electrons. The maximum absolute atomic E-state index is 12.8. The van der Waals surface area contributed by atoms with E-state index in [1.807, 2.05) is 36.4 Å². The molecule has 29 heavy (non-hydrogen) atoms. The lowest BCUT2D eigenvalue weighted by Gasteiger charge is -2.08. The van der Waals surface area contributed by atoms with Crippen molar-refractivity contribution in [1.82, 2.24) is 25.0 Å². The minimum Gasteiger partial charge on any atom is -0.497 e. The summed E-state index contributed by atoms with van der Waals surface area (Å²) < 4.78 is 12.7. The number of methoxy groups -OCH3 is 1. The molecule has 0 N–H and O–H groups in total. The highest BCUT2D eigenvalue weighted by Crippen LogP contribution is 2.24. The van der Waals surface area contributed by atoms with Crippen molar-refractivity contribution in [3.8, 4) is 22.9 Å². The van der Waals surface area contributed by atoms with E-state index in [1.54, 1.807) is 25.6 Å². The van der Waals surface area contributed by atoms with Gasteiger partial charge in [-0.2, -0.15) is 0 Å². The average Bonchev–Trinajstić information content (AvgIpc) is 2.76. The van der Waals surface area contributed by atoms with Crippen LogP contribution in [0.2, 0.25) is 0 Å². The van der Waals surface area contributed by atoms with E-state index in [0.717, 1.165) is 21.3 Å². The average molecular weight is 454 g/mol. The summed E-state index contributed by atoms with van der Waals surface area (Å²) in [6.45, 7) is 0.424. The minimum absolute atomic E-state index is 0.194. The van der Waals surface area contributed by atoms with Gasteiger partial charge < -0.3 is 9.47 Å². The molecule has 0 saturated heterocycles. The Balaban J connectivity index is 1.56. The van der Waals surface area contributed by atoms with E-state index >= 15 is 0 Å². The topological polar surface area (TPSA) is 92.0 Å². The Bertz CT molecular complexity index is 1190. The second-order valence-electron chi connectivity index (χ2n) is 6.11. The zero-order valence-corrected chi connectivity index (χ0v) is 17.0. The summed E-state index contributed by atoms with van der Waals surface area (Å²) in [5, 5.41) is 8.62. The lowest BCUT2D eigenvalue weighted by Crippen LogP contribution is -2.27. The van der Waals surface area contributed by atoms with E-state index in [4.69, 9.17) is 9.47 Å². The number of fused-ring (bicyclic) bond motifs is 1. The first-order chi connectivity index (χ1) is 14.1. The van der Waals surface area contributed by atoms with Crippen LogP contribution in [0.25, 0.3) is 22.0 Å². The molecule has 2 heterocycles. The molecule has 0 aliphatic heterocycles. The van der Waals surface area contributed by atoms with Crippen LogP contribution < -0.4 is 15.0 Å². The molecule has 0 bridgehead atoms. The van der Waals surface area contributed by atoms with Gasteiger partial charge in [0.2, 0.25) is 0 Å². The standard InChI is InChI=1S/C20H16BrN5O3/c1-28-16-5-2-13(3-6-16)14-4-7-18-17(10-14)19(27)26(25-24-18)8-9-29-20-22-11-15(21)12-23-20/h2-7,10-12H,8-9H2,1H3. The monoisotopic (exact) mass is 453 g/mol. The third-order valence-electron chi connectivity index (χ3n) is 4.28. The minimum atomic E-state index is -0.231. The number of hydrogen-bond donors (Lipinski definition) is 0. The lowest BCUT2D eigenvalue weighted by atomic mass is 10.0. The molecule has 0 atom stereocenters. The highest BCUT2D eigenvalue weighted by atomic mass is 79.9. The van der Waals surface area contributed by atoms with Crippen molar-refractivity contribution in [2.75, 3.05) is 13.7 Å². The molecular weight excluding hydrogens is 438 g/mol. The molecule has 0 spiro atoms. The van der Waals surface area contributed by atoms with Gasteiger partial charge in [0.15, 0.2) is 0 Å². The third-order valence-corrected chi connectivity index (χ3v) is 4.69. The highest BCUT2D eigenvalue weighted by molar-refractivity contribution is 9.10. The van der Waals surface area contributed by atoms with Gasteiger partial charge in [-0.25, -0.2) is 14.6 Å². The fraction of sp³-hybridized carbons (Fsp3) is 0.150. The van der Waals surface area contributed by atoms with E-state index in [1.165, 1.54) is 4.68 Å². The van der Waals surface area contributed by atoms with Crippen molar-refractivity contribution in [2.45, 2.75) is 6.54 Å². The summed E-state index contributed by atoms with van der Waals surface area (Å²) in [6.07, 6.45) is 3.18. The van der Waals surface area contributed by atoms with Crippen molar-refractivity contribution in [1.29, 1.82) is 0 Å². The number of hydrogen-bond acceptors (Lipinski definition) is 7. The van der Waals surface area contributed by atoms with E-state index in [-0.39, 0.29) is 24.7 Å². The first-order valence-corrected chi connectivity index (χ1v) is 9.56. The van der Waals surface area contributed by atoms with Crippen LogP contribution in [0.1, 0.15) is 0 Å². The van der Waals surface area contributed by atoms with E-state index < -0.39 is 0 Å². The summed E-state index contributed by atoms with van der Waals surface area (Å²) in [6, 6.07) is 13.4. The number of aromatic nitrogens is 5. The van der Waals surface area contributed by atoms with Gasteiger partial charge in [0.25, 0.3) is 5.56 Å². The van der Waals surface area contributed by atoms with Crippen LogP contribution in [0.5, 0.6) is 11.8 Å². The predicted octanol–water partition coefficient (Wildman–Crippen LogP) is 3.10. The molecule has 8 nitrogen and oxygen atoms in total. The molecule has 0 aliphatic rings. The number of rotatable bonds is 6. The molecule has 0 radical (unpaired) electrons. The summed E-state index contributed by atoms with van der Waals surface area (Å²) >= 11 is 3.26. The van der Waals surface area contributed by atoms with Crippen LogP contribution in [0.3, 0.4) is 0 Å². The molecule has 0 saturated carbocycles. The molecule has 0 aliphatic carbocycles. The Kier molecular flexibility index (Phi) is 5.48. The van der Waals surface area contributed by atoms with Gasteiger partial charge in [-0.1, -0.05) is 23.4 Å². The fourth-order valence-corrected chi connectivity index (χ4v) is 2.99. The molecule has 4 aromatic rings. The molecule has 0 fully saturated rings. The van der Waals surface area contributed by atoms with Crippen molar-refractivity contribution < 1.29 is 9.47 Å². The van der Waals surface area contributed by atoms with Crippen molar-refractivity contribution >= 4 is 26.8 Å². The van der Waals surface area contributed by atoms with Crippen LogP contribution in [0, 0.1) is 0 Å². The zero-order valence-electron chi connectivity index (χ0n) is 15.4. The van der Waals surface area contributed by atoms with Gasteiger partial charge in [-0.05, 0) is 51.3 Å². The fourth-order valence-electron chi connectivity index (χ4n) is 2.78. The number of nitrogens with zero attached hydrogens (tertiary/aromatic N) is 5. The summed E-state index contributed by atoms with van der Waals surface area (Å²) in [5.41, 5.74) is 2.20. The highest BCUT2D eigenvalue weighted by Gasteiger charge is 2.09.